The van der Waals surface area contributed by atoms with Gasteiger partial charge in [0.25, 0.3) is 0 Å². The van der Waals surface area contributed by atoms with Gasteiger partial charge in [-0.05, 0) is 38.5 Å². The van der Waals surface area contributed by atoms with E-state index in [1.165, 1.54) is 0 Å². The maximum absolute atomic E-state index is 12.4. The van der Waals surface area contributed by atoms with Crippen LogP contribution < -0.4 is 0 Å². The van der Waals surface area contributed by atoms with Crippen LogP contribution in [0.25, 0.3) is 11.0 Å². The van der Waals surface area contributed by atoms with Crippen LogP contribution in [-0.4, -0.2) is 44.6 Å². The van der Waals surface area contributed by atoms with Crippen LogP contribution in [0.1, 0.15) is 26.3 Å². The van der Waals surface area contributed by atoms with Crippen LogP contribution in [0.3, 0.4) is 0 Å². The first-order chi connectivity index (χ1) is 9.49. The smallest absolute Gasteiger partial charge is 0.227 e. The summed E-state index contributed by atoms with van der Waals surface area (Å²) in [5, 5.41) is 10.5. The van der Waals surface area contributed by atoms with Gasteiger partial charge in [-0.15, -0.1) is 0 Å². The summed E-state index contributed by atoms with van der Waals surface area (Å²) in [5.41, 5.74) is 1.73. The van der Waals surface area contributed by atoms with E-state index in [-0.39, 0.29) is 11.9 Å². The molecule has 1 amide bonds. The van der Waals surface area contributed by atoms with Gasteiger partial charge < -0.3 is 15.0 Å². The second-order valence-corrected chi connectivity index (χ2v) is 5.38. The maximum Gasteiger partial charge on any atom is 0.227 e. The molecular weight excluding hydrogens is 254 g/mol. The maximum atomic E-state index is 12.4. The van der Waals surface area contributed by atoms with Crippen LogP contribution in [0.2, 0.25) is 0 Å². The molecule has 0 aliphatic rings. The predicted molar refractivity (Wildman–Crippen MR) is 78.3 cm³/mol. The number of pyridine rings is 1. The highest BCUT2D eigenvalue weighted by atomic mass is 16.3. The molecule has 0 saturated carbocycles. The molecule has 0 fully saturated rings. The number of aliphatic hydroxyl groups excluding tert-OH is 1. The third kappa shape index (κ3) is 3.17. The monoisotopic (exact) mass is 275 g/mol. The fourth-order valence-electron chi connectivity index (χ4n) is 2.31. The van der Waals surface area contributed by atoms with Crippen LogP contribution in [-0.2, 0) is 11.2 Å². The van der Waals surface area contributed by atoms with E-state index in [0.29, 0.717) is 13.0 Å². The highest BCUT2D eigenvalue weighted by Crippen LogP contribution is 2.17. The molecule has 0 aliphatic heterocycles. The molecule has 2 N–H and O–H groups in total. The van der Waals surface area contributed by atoms with E-state index in [2.05, 4.69) is 9.97 Å². The summed E-state index contributed by atoms with van der Waals surface area (Å²) in [6.07, 6.45) is 3.34. The summed E-state index contributed by atoms with van der Waals surface area (Å²) in [7, 11) is 0. The van der Waals surface area contributed by atoms with Crippen LogP contribution >= 0.6 is 0 Å². The number of carbonyl (C=O) groups excluding carboxylic acids is 1. The Hall–Kier alpha value is -1.88. The number of H-pyrrole nitrogens is 1. The molecule has 0 spiro atoms. The van der Waals surface area contributed by atoms with Crippen molar-refractivity contribution in [1.82, 2.24) is 14.9 Å². The van der Waals surface area contributed by atoms with Gasteiger partial charge in [-0.2, -0.15) is 0 Å². The molecule has 1 unspecified atom stereocenters. The Balaban J connectivity index is 2.17. The van der Waals surface area contributed by atoms with Gasteiger partial charge >= 0.3 is 0 Å². The first kappa shape index (κ1) is 14.5. The minimum absolute atomic E-state index is 0.0191. The van der Waals surface area contributed by atoms with Crippen LogP contribution in [0.5, 0.6) is 0 Å². The Labute approximate surface area is 118 Å². The molecule has 1 atom stereocenters. The zero-order chi connectivity index (χ0) is 14.7. The van der Waals surface area contributed by atoms with Crippen molar-refractivity contribution in [3.63, 3.8) is 0 Å². The Morgan fingerprint density at radius 1 is 1.45 bits per heavy atom. The van der Waals surface area contributed by atoms with Gasteiger partial charge in [-0.25, -0.2) is 4.98 Å². The lowest BCUT2D eigenvalue weighted by Crippen LogP contribution is -2.42. The molecule has 0 aliphatic carbocycles. The van der Waals surface area contributed by atoms with Crippen molar-refractivity contribution < 1.29 is 9.90 Å². The number of aromatic nitrogens is 2. The molecule has 108 valence electrons. The zero-order valence-electron chi connectivity index (χ0n) is 12.1. The van der Waals surface area contributed by atoms with Crippen molar-refractivity contribution in [2.45, 2.75) is 39.3 Å². The summed E-state index contributed by atoms with van der Waals surface area (Å²) < 4.78 is 0. The normalized spacial score (nSPS) is 12.8. The molecule has 2 aromatic rings. The first-order valence-corrected chi connectivity index (χ1v) is 6.87. The van der Waals surface area contributed by atoms with E-state index in [4.69, 9.17) is 0 Å². The second-order valence-electron chi connectivity index (χ2n) is 5.38. The summed E-state index contributed by atoms with van der Waals surface area (Å²) in [5.74, 6) is 0.0191. The van der Waals surface area contributed by atoms with Gasteiger partial charge in [0.2, 0.25) is 5.91 Å². The van der Waals surface area contributed by atoms with E-state index in [9.17, 15) is 9.90 Å². The number of rotatable bonds is 5. The number of carbonyl (C=O) groups is 1. The molecule has 5 nitrogen and oxygen atoms in total. The van der Waals surface area contributed by atoms with Crippen molar-refractivity contribution in [2.24, 2.45) is 0 Å². The molecular formula is C15H21N3O2. The Morgan fingerprint density at radius 2 is 2.20 bits per heavy atom. The summed E-state index contributed by atoms with van der Waals surface area (Å²) in [4.78, 5) is 21.4. The van der Waals surface area contributed by atoms with Crippen molar-refractivity contribution in [3.8, 4) is 0 Å². The van der Waals surface area contributed by atoms with Crippen molar-refractivity contribution in [3.05, 3.63) is 30.1 Å². The van der Waals surface area contributed by atoms with Crippen molar-refractivity contribution in [1.29, 1.82) is 0 Å². The lowest BCUT2D eigenvalue weighted by atomic mass is 10.1. The molecule has 0 radical (unpaired) electrons. The first-order valence-electron chi connectivity index (χ1n) is 6.87. The van der Waals surface area contributed by atoms with Crippen molar-refractivity contribution in [2.75, 3.05) is 6.54 Å². The lowest BCUT2D eigenvalue weighted by Gasteiger charge is -2.28. The van der Waals surface area contributed by atoms with Gasteiger partial charge in [0.1, 0.15) is 5.65 Å². The minimum Gasteiger partial charge on any atom is -0.392 e. The third-order valence-corrected chi connectivity index (χ3v) is 3.28. The number of fused-ring (bicyclic) bond motifs is 1. The summed E-state index contributed by atoms with van der Waals surface area (Å²) >= 11 is 0. The van der Waals surface area contributed by atoms with E-state index in [1.807, 2.05) is 32.2 Å². The van der Waals surface area contributed by atoms with Gasteiger partial charge in [0.05, 0.1) is 12.5 Å². The van der Waals surface area contributed by atoms with Crippen molar-refractivity contribution >= 4 is 16.9 Å². The molecule has 2 rings (SSSR count). The number of aliphatic hydroxyl groups is 1. The van der Waals surface area contributed by atoms with Gasteiger partial charge in [0.15, 0.2) is 0 Å². The quantitative estimate of drug-likeness (QED) is 0.873. The third-order valence-electron chi connectivity index (χ3n) is 3.28. The average molecular weight is 275 g/mol. The highest BCUT2D eigenvalue weighted by Gasteiger charge is 2.20. The van der Waals surface area contributed by atoms with E-state index < -0.39 is 6.10 Å². The van der Waals surface area contributed by atoms with E-state index in [0.717, 1.165) is 16.6 Å². The number of hydrogen-bond acceptors (Lipinski definition) is 3. The predicted octanol–water partition coefficient (Wildman–Crippen LogP) is 1.72. The Kier molecular flexibility index (Phi) is 4.39. The summed E-state index contributed by atoms with van der Waals surface area (Å²) in [6.45, 7) is 5.96. The SMILES string of the molecule is CC(O)CN(C(=O)Cc1c[nH]c2ncccc12)C(C)C. The fraction of sp³-hybridized carbons (Fsp3) is 0.467. The summed E-state index contributed by atoms with van der Waals surface area (Å²) in [6, 6.07) is 3.89. The number of nitrogens with one attached hydrogen (secondary N) is 1. The Morgan fingerprint density at radius 3 is 2.85 bits per heavy atom. The Bertz CT molecular complexity index is 590. The fourth-order valence-corrected chi connectivity index (χ4v) is 2.31. The van der Waals surface area contributed by atoms with Gasteiger partial charge in [-0.3, -0.25) is 4.79 Å². The zero-order valence-corrected chi connectivity index (χ0v) is 12.1. The van der Waals surface area contributed by atoms with E-state index in [1.54, 1.807) is 18.0 Å². The molecule has 0 saturated heterocycles. The molecule has 0 bridgehead atoms. The number of hydrogen-bond donors (Lipinski definition) is 2. The lowest BCUT2D eigenvalue weighted by molar-refractivity contribution is -0.133. The van der Waals surface area contributed by atoms with Crippen LogP contribution in [0.4, 0.5) is 0 Å². The largest absolute Gasteiger partial charge is 0.392 e. The second kappa shape index (κ2) is 6.05. The molecule has 0 aromatic carbocycles. The molecule has 2 aromatic heterocycles. The molecule has 2 heterocycles. The number of nitrogens with zero attached hydrogens (tertiary/aromatic N) is 2. The van der Waals surface area contributed by atoms with Crippen LogP contribution in [0, 0.1) is 0 Å². The molecule has 20 heavy (non-hydrogen) atoms. The topological polar surface area (TPSA) is 69.2 Å². The van der Waals surface area contributed by atoms with Crippen LogP contribution in [0.15, 0.2) is 24.5 Å². The van der Waals surface area contributed by atoms with Gasteiger partial charge in [-0.1, -0.05) is 0 Å². The number of amides is 1. The standard InChI is InChI=1S/C15H21N3O2/c1-10(2)18(9-11(3)19)14(20)7-12-8-17-15-13(12)5-4-6-16-15/h4-6,8,10-11,19H,7,9H2,1-3H3,(H,16,17). The van der Waals surface area contributed by atoms with Gasteiger partial charge in [0, 0.05) is 30.4 Å². The van der Waals surface area contributed by atoms with E-state index >= 15 is 0 Å². The average Bonchev–Trinajstić information content (AvgIpc) is 2.79. The molecule has 5 heteroatoms. The highest BCUT2D eigenvalue weighted by molar-refractivity contribution is 5.87. The minimum atomic E-state index is -0.522. The number of aromatic amines is 1.